The van der Waals surface area contributed by atoms with Gasteiger partial charge in [-0.05, 0) is 42.2 Å². The Hall–Kier alpha value is -2.62. The lowest BCUT2D eigenvalue weighted by molar-refractivity contribution is -0.116. The molecule has 4 nitrogen and oxygen atoms in total. The lowest BCUT2D eigenvalue weighted by Gasteiger charge is -2.19. The van der Waals surface area contributed by atoms with Gasteiger partial charge in [0.05, 0.1) is 0 Å². The molecule has 0 unspecified atom stereocenters. The SMILES string of the molecule is Cc1ccc(NC(=O)CCNC(=O)c2ccc(C(C)(C)C)cc2)cc1. The van der Waals surface area contributed by atoms with Crippen molar-refractivity contribution in [2.45, 2.75) is 39.5 Å². The summed E-state index contributed by atoms with van der Waals surface area (Å²) in [6.45, 7) is 8.70. The van der Waals surface area contributed by atoms with Crippen LogP contribution in [0, 0.1) is 6.92 Å². The zero-order valence-electron chi connectivity index (χ0n) is 15.3. The quantitative estimate of drug-likeness (QED) is 0.864. The molecule has 0 spiro atoms. The van der Waals surface area contributed by atoms with E-state index in [0.29, 0.717) is 12.1 Å². The van der Waals surface area contributed by atoms with Gasteiger partial charge in [0.15, 0.2) is 0 Å². The Labute approximate surface area is 149 Å². The Morgan fingerprint density at radius 3 is 2.08 bits per heavy atom. The summed E-state index contributed by atoms with van der Waals surface area (Å²) in [4.78, 5) is 24.0. The zero-order valence-corrected chi connectivity index (χ0v) is 15.3. The van der Waals surface area contributed by atoms with Gasteiger partial charge in [-0.3, -0.25) is 9.59 Å². The third kappa shape index (κ3) is 5.75. The average molecular weight is 338 g/mol. The molecule has 2 aromatic rings. The molecular formula is C21H26N2O2. The topological polar surface area (TPSA) is 58.2 Å². The highest BCUT2D eigenvalue weighted by molar-refractivity contribution is 5.95. The third-order valence-electron chi connectivity index (χ3n) is 3.99. The van der Waals surface area contributed by atoms with Crippen LogP contribution in [0.1, 0.15) is 48.7 Å². The van der Waals surface area contributed by atoms with Crippen molar-refractivity contribution in [1.82, 2.24) is 5.32 Å². The molecule has 2 aromatic carbocycles. The van der Waals surface area contributed by atoms with E-state index >= 15 is 0 Å². The molecular weight excluding hydrogens is 312 g/mol. The molecule has 0 aliphatic rings. The van der Waals surface area contributed by atoms with Crippen LogP contribution in [0.2, 0.25) is 0 Å². The Morgan fingerprint density at radius 1 is 0.920 bits per heavy atom. The molecule has 0 atom stereocenters. The second-order valence-corrected chi connectivity index (χ2v) is 7.25. The summed E-state index contributed by atoms with van der Waals surface area (Å²) in [6, 6.07) is 15.2. The van der Waals surface area contributed by atoms with E-state index in [-0.39, 0.29) is 23.7 Å². The van der Waals surface area contributed by atoms with Gasteiger partial charge in [-0.15, -0.1) is 0 Å². The first-order chi connectivity index (χ1) is 11.8. The van der Waals surface area contributed by atoms with Crippen LogP contribution in [0.3, 0.4) is 0 Å². The molecule has 2 N–H and O–H groups in total. The molecule has 25 heavy (non-hydrogen) atoms. The molecule has 132 valence electrons. The van der Waals surface area contributed by atoms with Gasteiger partial charge in [-0.25, -0.2) is 0 Å². The predicted molar refractivity (Wildman–Crippen MR) is 102 cm³/mol. The summed E-state index contributed by atoms with van der Waals surface area (Å²) >= 11 is 0. The number of anilines is 1. The highest BCUT2D eigenvalue weighted by Crippen LogP contribution is 2.22. The molecule has 0 saturated carbocycles. The summed E-state index contributed by atoms with van der Waals surface area (Å²) in [6.07, 6.45) is 0.236. The van der Waals surface area contributed by atoms with E-state index in [1.165, 1.54) is 5.56 Å². The largest absolute Gasteiger partial charge is 0.352 e. The zero-order chi connectivity index (χ0) is 18.4. The van der Waals surface area contributed by atoms with E-state index in [2.05, 4.69) is 31.4 Å². The molecule has 0 aromatic heterocycles. The van der Waals surface area contributed by atoms with E-state index in [9.17, 15) is 9.59 Å². The molecule has 0 radical (unpaired) electrons. The minimum atomic E-state index is -0.163. The van der Waals surface area contributed by atoms with Crippen molar-refractivity contribution < 1.29 is 9.59 Å². The minimum Gasteiger partial charge on any atom is -0.352 e. The Kier molecular flexibility index (Phi) is 5.97. The van der Waals surface area contributed by atoms with E-state index < -0.39 is 0 Å². The van der Waals surface area contributed by atoms with Gasteiger partial charge < -0.3 is 10.6 Å². The second-order valence-electron chi connectivity index (χ2n) is 7.25. The standard InChI is InChI=1S/C21H26N2O2/c1-15-5-11-18(12-6-15)23-19(24)13-14-22-20(25)16-7-9-17(10-8-16)21(2,3)4/h5-12H,13-14H2,1-4H3,(H,22,25)(H,23,24). The van der Waals surface area contributed by atoms with Crippen LogP contribution >= 0.6 is 0 Å². The average Bonchev–Trinajstić information content (AvgIpc) is 2.56. The van der Waals surface area contributed by atoms with E-state index in [0.717, 1.165) is 11.3 Å². The number of hydrogen-bond donors (Lipinski definition) is 2. The van der Waals surface area contributed by atoms with Gasteiger partial charge in [-0.2, -0.15) is 0 Å². The molecule has 2 rings (SSSR count). The molecule has 0 aliphatic heterocycles. The van der Waals surface area contributed by atoms with Crippen LogP contribution in [0.25, 0.3) is 0 Å². The molecule has 0 heterocycles. The van der Waals surface area contributed by atoms with E-state index in [1.54, 1.807) is 0 Å². The molecule has 0 aliphatic carbocycles. The van der Waals surface area contributed by atoms with Crippen LogP contribution in [-0.4, -0.2) is 18.4 Å². The minimum absolute atomic E-state index is 0.0586. The van der Waals surface area contributed by atoms with E-state index in [4.69, 9.17) is 0 Å². The van der Waals surface area contributed by atoms with Crippen LogP contribution < -0.4 is 10.6 Å². The summed E-state index contributed by atoms with van der Waals surface area (Å²) in [5, 5.41) is 5.60. The molecule has 0 bridgehead atoms. The fourth-order valence-corrected chi connectivity index (χ4v) is 2.37. The van der Waals surface area contributed by atoms with Crippen molar-refractivity contribution in [3.63, 3.8) is 0 Å². The summed E-state index contributed by atoms with van der Waals surface area (Å²) in [5.41, 5.74) is 3.75. The summed E-state index contributed by atoms with van der Waals surface area (Å²) in [7, 11) is 0. The van der Waals surface area contributed by atoms with Crippen molar-refractivity contribution >= 4 is 17.5 Å². The fourth-order valence-electron chi connectivity index (χ4n) is 2.37. The van der Waals surface area contributed by atoms with Crippen LogP contribution in [0.4, 0.5) is 5.69 Å². The van der Waals surface area contributed by atoms with Crippen molar-refractivity contribution in [2.75, 3.05) is 11.9 Å². The first-order valence-corrected chi connectivity index (χ1v) is 8.51. The maximum Gasteiger partial charge on any atom is 0.251 e. The molecule has 0 fully saturated rings. The highest BCUT2D eigenvalue weighted by Gasteiger charge is 2.14. The monoisotopic (exact) mass is 338 g/mol. The highest BCUT2D eigenvalue weighted by atomic mass is 16.2. The van der Waals surface area contributed by atoms with Crippen molar-refractivity contribution in [3.05, 3.63) is 65.2 Å². The smallest absolute Gasteiger partial charge is 0.251 e. The Bertz CT molecular complexity index is 726. The van der Waals surface area contributed by atoms with Gasteiger partial charge in [0.2, 0.25) is 5.91 Å². The molecule has 0 saturated heterocycles. The number of carbonyl (C=O) groups is 2. The van der Waals surface area contributed by atoms with Gasteiger partial charge in [-0.1, -0.05) is 50.6 Å². The lowest BCUT2D eigenvalue weighted by Crippen LogP contribution is -2.27. The number of rotatable bonds is 5. The first kappa shape index (κ1) is 18.7. The van der Waals surface area contributed by atoms with Gasteiger partial charge in [0.25, 0.3) is 5.91 Å². The summed E-state index contributed by atoms with van der Waals surface area (Å²) < 4.78 is 0. The third-order valence-corrected chi connectivity index (χ3v) is 3.99. The number of benzene rings is 2. The fraction of sp³-hybridized carbons (Fsp3) is 0.333. The summed E-state index contributed by atoms with van der Waals surface area (Å²) in [5.74, 6) is -0.282. The molecule has 4 heteroatoms. The lowest BCUT2D eigenvalue weighted by atomic mass is 9.87. The van der Waals surface area contributed by atoms with Gasteiger partial charge in [0, 0.05) is 24.2 Å². The van der Waals surface area contributed by atoms with E-state index in [1.807, 2.05) is 55.5 Å². The van der Waals surface area contributed by atoms with Crippen LogP contribution in [-0.2, 0) is 10.2 Å². The normalized spacial score (nSPS) is 11.0. The second kappa shape index (κ2) is 7.97. The first-order valence-electron chi connectivity index (χ1n) is 8.51. The molecule has 2 amide bonds. The number of carbonyl (C=O) groups excluding carboxylic acids is 2. The predicted octanol–water partition coefficient (Wildman–Crippen LogP) is 4.05. The van der Waals surface area contributed by atoms with Gasteiger partial charge >= 0.3 is 0 Å². The van der Waals surface area contributed by atoms with Gasteiger partial charge in [0.1, 0.15) is 0 Å². The maximum absolute atomic E-state index is 12.1. The number of aryl methyl sites for hydroxylation is 1. The number of amides is 2. The number of nitrogens with one attached hydrogen (secondary N) is 2. The Balaban J connectivity index is 1.79. The van der Waals surface area contributed by atoms with Crippen LogP contribution in [0.5, 0.6) is 0 Å². The van der Waals surface area contributed by atoms with Crippen LogP contribution in [0.15, 0.2) is 48.5 Å². The van der Waals surface area contributed by atoms with Crippen molar-refractivity contribution in [3.8, 4) is 0 Å². The van der Waals surface area contributed by atoms with Crippen molar-refractivity contribution in [2.24, 2.45) is 0 Å². The van der Waals surface area contributed by atoms with Crippen molar-refractivity contribution in [1.29, 1.82) is 0 Å². The Morgan fingerprint density at radius 2 is 1.52 bits per heavy atom. The maximum atomic E-state index is 12.1. The number of hydrogen-bond acceptors (Lipinski definition) is 2.